The number of nitrogens with zero attached hydrogens (tertiary/aromatic N) is 4. The molecule has 13 nitrogen and oxygen atoms in total. The quantitative estimate of drug-likeness (QED) is 0.0641. The van der Waals surface area contributed by atoms with Crippen LogP contribution in [-0.4, -0.2) is 138 Å². The van der Waals surface area contributed by atoms with Gasteiger partial charge in [0.15, 0.2) is 0 Å². The summed E-state index contributed by atoms with van der Waals surface area (Å²) in [5.74, 6) is -0.730. The van der Waals surface area contributed by atoms with Gasteiger partial charge in [-0.3, -0.25) is 19.2 Å². The molecular weight excluding hydrogens is 1000 g/mol. The number of carbonyl (C=O) groups excluding carboxylic acids is 1. The van der Waals surface area contributed by atoms with E-state index in [1.165, 1.54) is 47.3 Å². The largest absolute Gasteiger partial charge is 0.501 e. The Morgan fingerprint density at radius 1 is 0.857 bits per heavy atom. The molecular formula is C49H61ClF3N6O7PS3. The Bertz CT molecular complexity index is 2770. The Kier molecular flexibility index (Phi) is 17.3. The molecule has 1 amide bonds. The molecule has 7 rings (SSSR count). The molecule has 2 saturated heterocycles. The second-order valence-electron chi connectivity index (χ2n) is 19.2. The van der Waals surface area contributed by atoms with Crippen molar-refractivity contribution in [2.45, 2.75) is 65.8 Å². The van der Waals surface area contributed by atoms with Gasteiger partial charge in [0, 0.05) is 105 Å². The van der Waals surface area contributed by atoms with Gasteiger partial charge in [-0.25, -0.2) is 21.6 Å². The molecule has 2 atom stereocenters. The Labute approximate surface area is 419 Å². The lowest BCUT2D eigenvalue weighted by molar-refractivity contribution is -0.0436. The minimum absolute atomic E-state index is 0.0205. The normalized spacial score (nSPS) is 19.1. The Hall–Kier alpha value is -3.91. The fourth-order valence-electron chi connectivity index (χ4n) is 9.19. The molecule has 21 heteroatoms. The lowest BCUT2D eigenvalue weighted by Gasteiger charge is -2.39. The van der Waals surface area contributed by atoms with Gasteiger partial charge < -0.3 is 20.0 Å². The van der Waals surface area contributed by atoms with E-state index in [0.717, 1.165) is 74.7 Å². The molecule has 70 heavy (non-hydrogen) atoms. The SMILES string of the molecule is CC1(C)CCC(c2ccc(Cl)cc2)=C(CN2CCN(c3ccc(C(=O)NS(=O)(=O)c4ccc(N[C@H](CCN5CCN(CP(C)(=O)O)CC5)CSc5ccccc5)c(S(=O)(=O)C(F)(F)F)c4)cc3)CC2)C1. The standard InChI is InChI=1S/C49H61ClF3N6O7PS3/c1-48(2)21-19-44(36-9-13-39(50)14-10-36)38(32-48)33-57-27-29-59(30-28-57)41-15-11-37(12-16-41)47(60)55-70(65,66)43-17-18-45(46(31-43)69(63,64)49(51,52)53)54-40(34-68-42-7-5-4-6-8-42)20-22-56-23-25-58(26-24-56)35-67(3,61)62/h4-18,31,40,54H,19-30,32-35H2,1-3H3,(H,55,60)(H,61,62)/t40-/m1/s1. The highest BCUT2D eigenvalue weighted by Gasteiger charge is 2.48. The summed E-state index contributed by atoms with van der Waals surface area (Å²) < 4.78 is 110. The van der Waals surface area contributed by atoms with Crippen LogP contribution in [0.15, 0.2) is 117 Å². The number of rotatable bonds is 18. The summed E-state index contributed by atoms with van der Waals surface area (Å²) >= 11 is 7.61. The number of hydrogen-bond donors (Lipinski definition) is 3. The van der Waals surface area contributed by atoms with E-state index in [1.54, 1.807) is 12.1 Å². The molecule has 2 aliphatic heterocycles. The summed E-state index contributed by atoms with van der Waals surface area (Å²) in [6, 6.07) is 25.5. The van der Waals surface area contributed by atoms with Crippen LogP contribution in [0.25, 0.3) is 5.57 Å². The first kappa shape index (κ1) is 53.9. The van der Waals surface area contributed by atoms with Gasteiger partial charge in [0.05, 0.1) is 16.9 Å². The number of thioether (sulfide) groups is 1. The van der Waals surface area contributed by atoms with Gasteiger partial charge in [0.2, 0.25) is 7.37 Å². The average Bonchev–Trinajstić information content (AvgIpc) is 3.30. The monoisotopic (exact) mass is 1060 g/mol. The van der Waals surface area contributed by atoms with Gasteiger partial charge in [0.1, 0.15) is 4.90 Å². The van der Waals surface area contributed by atoms with E-state index < -0.39 is 60.2 Å². The number of allylic oxidation sites excluding steroid dienone is 1. The van der Waals surface area contributed by atoms with Crippen LogP contribution < -0.4 is 14.9 Å². The van der Waals surface area contributed by atoms with Crippen molar-refractivity contribution in [3.05, 3.63) is 119 Å². The number of benzene rings is 4. The molecule has 2 heterocycles. The molecule has 3 N–H and O–H groups in total. The first-order valence-electron chi connectivity index (χ1n) is 23.2. The van der Waals surface area contributed by atoms with Crippen molar-refractivity contribution in [2.75, 3.05) is 94.4 Å². The summed E-state index contributed by atoms with van der Waals surface area (Å²) in [7, 11) is -14.2. The summed E-state index contributed by atoms with van der Waals surface area (Å²) in [5.41, 5.74) is -1.16. The molecule has 1 aliphatic carbocycles. The van der Waals surface area contributed by atoms with Gasteiger partial charge in [-0.2, -0.15) is 13.2 Å². The summed E-state index contributed by atoms with van der Waals surface area (Å²) in [6.07, 6.45) is 3.57. The topological polar surface area (TPSA) is 160 Å². The van der Waals surface area contributed by atoms with Crippen molar-refractivity contribution < 1.29 is 44.3 Å². The molecule has 4 aromatic rings. The number of nitrogens with one attached hydrogen (secondary N) is 2. The van der Waals surface area contributed by atoms with Crippen molar-refractivity contribution in [1.29, 1.82) is 0 Å². The molecule has 380 valence electrons. The molecule has 1 unspecified atom stereocenters. The number of amides is 1. The van der Waals surface area contributed by atoms with Crippen LogP contribution in [0.2, 0.25) is 5.02 Å². The van der Waals surface area contributed by atoms with Crippen molar-refractivity contribution in [3.63, 3.8) is 0 Å². The smallest absolute Gasteiger partial charge is 0.380 e. The zero-order valence-electron chi connectivity index (χ0n) is 39.5. The van der Waals surface area contributed by atoms with Crippen LogP contribution in [0.1, 0.15) is 55.5 Å². The highest BCUT2D eigenvalue weighted by Crippen LogP contribution is 2.43. The molecule has 3 aliphatic rings. The van der Waals surface area contributed by atoms with Gasteiger partial charge in [-0.1, -0.05) is 61.4 Å². The third kappa shape index (κ3) is 14.4. The maximum Gasteiger partial charge on any atom is 0.501 e. The number of alkyl halides is 3. The van der Waals surface area contributed by atoms with E-state index in [-0.39, 0.29) is 17.3 Å². The zero-order valence-corrected chi connectivity index (χ0v) is 43.6. The van der Waals surface area contributed by atoms with E-state index in [2.05, 4.69) is 46.0 Å². The predicted octanol–water partition coefficient (Wildman–Crippen LogP) is 8.98. The minimum atomic E-state index is -6.11. The van der Waals surface area contributed by atoms with Crippen LogP contribution in [0.3, 0.4) is 0 Å². The number of sulfone groups is 1. The third-order valence-corrected chi connectivity index (χ3v) is 18.2. The molecule has 2 fully saturated rings. The first-order valence-corrected chi connectivity index (χ1v) is 29.8. The Morgan fingerprint density at radius 2 is 1.49 bits per heavy atom. The number of hydrogen-bond acceptors (Lipinski definition) is 12. The highest BCUT2D eigenvalue weighted by atomic mass is 35.5. The molecule has 0 bridgehead atoms. The van der Waals surface area contributed by atoms with E-state index >= 15 is 0 Å². The predicted molar refractivity (Wildman–Crippen MR) is 273 cm³/mol. The second-order valence-corrected chi connectivity index (χ2v) is 26.7. The number of carbonyl (C=O) groups is 1. The fraction of sp³-hybridized carbons (Fsp3) is 0.449. The van der Waals surface area contributed by atoms with E-state index in [1.807, 2.05) is 52.1 Å². The second kappa shape index (κ2) is 22.5. The van der Waals surface area contributed by atoms with Crippen LogP contribution >= 0.6 is 30.7 Å². The lowest BCUT2D eigenvalue weighted by Crippen LogP contribution is -2.47. The zero-order chi connectivity index (χ0) is 50.5. The van der Waals surface area contributed by atoms with Gasteiger partial charge in [-0.05, 0) is 109 Å². The van der Waals surface area contributed by atoms with Crippen molar-refractivity contribution in [2.24, 2.45) is 5.41 Å². The fourth-order valence-corrected chi connectivity index (χ4v) is 13.4. The van der Waals surface area contributed by atoms with Gasteiger partial charge in [0.25, 0.3) is 25.8 Å². The summed E-state index contributed by atoms with van der Waals surface area (Å²) in [5, 5.41) is 3.69. The maximum atomic E-state index is 14.3. The summed E-state index contributed by atoms with van der Waals surface area (Å²) in [6.45, 7) is 12.6. The van der Waals surface area contributed by atoms with Crippen molar-refractivity contribution in [3.8, 4) is 0 Å². The van der Waals surface area contributed by atoms with Crippen LogP contribution in [0.4, 0.5) is 24.5 Å². The highest BCUT2D eigenvalue weighted by molar-refractivity contribution is 7.99. The average molecular weight is 1070 g/mol. The molecule has 0 saturated carbocycles. The van der Waals surface area contributed by atoms with E-state index in [4.69, 9.17) is 11.6 Å². The third-order valence-electron chi connectivity index (χ3n) is 13.0. The number of anilines is 2. The van der Waals surface area contributed by atoms with E-state index in [0.29, 0.717) is 56.0 Å². The molecule has 4 aromatic carbocycles. The summed E-state index contributed by atoms with van der Waals surface area (Å²) in [4.78, 5) is 30.6. The molecule has 0 radical (unpaired) electrons. The Morgan fingerprint density at radius 3 is 2.11 bits per heavy atom. The van der Waals surface area contributed by atoms with Gasteiger partial charge >= 0.3 is 5.51 Å². The van der Waals surface area contributed by atoms with E-state index in [9.17, 15) is 44.3 Å². The first-order chi connectivity index (χ1) is 32.9. The van der Waals surface area contributed by atoms with Crippen LogP contribution in [-0.2, 0) is 24.4 Å². The maximum absolute atomic E-state index is 14.3. The Balaban J connectivity index is 1.01. The molecule has 0 spiro atoms. The number of halogens is 4. The molecule has 0 aromatic heterocycles. The van der Waals surface area contributed by atoms with Crippen molar-refractivity contribution in [1.82, 2.24) is 19.4 Å². The van der Waals surface area contributed by atoms with Crippen LogP contribution in [0.5, 0.6) is 0 Å². The van der Waals surface area contributed by atoms with Crippen LogP contribution in [0, 0.1) is 5.41 Å². The number of piperazine rings is 2. The minimum Gasteiger partial charge on any atom is -0.380 e. The number of sulfonamides is 1. The van der Waals surface area contributed by atoms with Gasteiger partial charge in [-0.15, -0.1) is 11.8 Å². The lowest BCUT2D eigenvalue weighted by atomic mass is 9.73. The van der Waals surface area contributed by atoms with Crippen molar-refractivity contribution >= 4 is 73.4 Å².